The Hall–Kier alpha value is -0.930. The third-order valence-corrected chi connectivity index (χ3v) is 2.72. The van der Waals surface area contributed by atoms with Gasteiger partial charge in [-0.25, -0.2) is 4.98 Å². The van der Waals surface area contributed by atoms with E-state index in [1.54, 1.807) is 12.3 Å². The quantitative estimate of drug-likeness (QED) is 0.787. The number of fused-ring (bicyclic) bond motifs is 1. The van der Waals surface area contributed by atoms with E-state index < -0.39 is 0 Å². The van der Waals surface area contributed by atoms with Gasteiger partial charge in [-0.15, -0.1) is 0 Å². The third-order valence-electron chi connectivity index (χ3n) is 2.15. The van der Waals surface area contributed by atoms with Gasteiger partial charge in [0.1, 0.15) is 5.65 Å². The van der Waals surface area contributed by atoms with Crippen molar-refractivity contribution in [2.75, 3.05) is 5.75 Å². The zero-order chi connectivity index (χ0) is 10.7. The molecule has 2 rings (SSSR count). The van der Waals surface area contributed by atoms with Gasteiger partial charge in [0, 0.05) is 23.3 Å². The molecule has 0 atom stereocenters. The molecule has 4 heteroatoms. The van der Waals surface area contributed by atoms with Crippen LogP contribution in [0.5, 0.6) is 0 Å². The maximum atomic E-state index is 6.11. The van der Waals surface area contributed by atoms with E-state index in [2.05, 4.69) is 28.7 Å². The molecule has 2 heterocycles. The number of rotatable bonds is 3. The molecule has 0 aromatic carbocycles. The lowest BCUT2D eigenvalue weighted by Crippen LogP contribution is -1.76. The van der Waals surface area contributed by atoms with E-state index in [0.717, 1.165) is 33.8 Å². The maximum Gasteiger partial charge on any atom is 0.139 e. The molecule has 0 spiro atoms. The minimum atomic E-state index is 0.728. The Morgan fingerprint density at radius 1 is 1.53 bits per heavy atom. The molecule has 0 aliphatic carbocycles. The molecular formula is C11H11ClN2S. The summed E-state index contributed by atoms with van der Waals surface area (Å²) in [5, 5.41) is 1.71. The highest BCUT2D eigenvalue weighted by Gasteiger charge is 2.05. The van der Waals surface area contributed by atoms with Gasteiger partial charge in [-0.1, -0.05) is 23.8 Å². The fourth-order valence-corrected chi connectivity index (χ4v) is 1.86. The number of thiol groups is 1. The Labute approximate surface area is 98.8 Å². The minimum absolute atomic E-state index is 0.728. The summed E-state index contributed by atoms with van der Waals surface area (Å²) in [5.41, 5.74) is 1.90. The maximum absolute atomic E-state index is 6.11. The minimum Gasteiger partial charge on any atom is -0.345 e. The van der Waals surface area contributed by atoms with Crippen LogP contribution < -0.4 is 0 Å². The Morgan fingerprint density at radius 2 is 2.40 bits per heavy atom. The predicted octanol–water partition coefficient (Wildman–Crippen LogP) is 3.55. The van der Waals surface area contributed by atoms with E-state index in [-0.39, 0.29) is 0 Å². The summed E-state index contributed by atoms with van der Waals surface area (Å²) in [6.07, 6.45) is 8.69. The fraction of sp³-hybridized carbons (Fsp3) is 0.182. The number of nitrogens with zero attached hydrogens (tertiary/aromatic N) is 1. The van der Waals surface area contributed by atoms with Gasteiger partial charge in [0.2, 0.25) is 0 Å². The topological polar surface area (TPSA) is 28.7 Å². The van der Waals surface area contributed by atoms with Gasteiger partial charge in [-0.3, -0.25) is 0 Å². The largest absolute Gasteiger partial charge is 0.345 e. The standard InChI is InChI=1S/C11H11ClN2S/c12-9-4-5-13-11-10(9)8(7-14-11)3-1-2-6-15/h1,3-5,7,15H,2,6H2,(H,13,14). The number of aromatic amines is 1. The van der Waals surface area contributed by atoms with E-state index in [4.69, 9.17) is 11.6 Å². The van der Waals surface area contributed by atoms with Crippen LogP contribution in [0.3, 0.4) is 0 Å². The highest BCUT2D eigenvalue weighted by Crippen LogP contribution is 2.25. The summed E-state index contributed by atoms with van der Waals surface area (Å²) in [6, 6.07) is 1.80. The summed E-state index contributed by atoms with van der Waals surface area (Å²) in [4.78, 5) is 7.29. The van der Waals surface area contributed by atoms with Crippen molar-refractivity contribution in [2.24, 2.45) is 0 Å². The van der Waals surface area contributed by atoms with E-state index in [9.17, 15) is 0 Å². The number of nitrogens with one attached hydrogen (secondary N) is 1. The molecule has 0 bridgehead atoms. The van der Waals surface area contributed by atoms with Crippen LogP contribution in [0.4, 0.5) is 0 Å². The third kappa shape index (κ3) is 2.19. The Balaban J connectivity index is 2.44. The molecular weight excluding hydrogens is 228 g/mol. The van der Waals surface area contributed by atoms with Crippen LogP contribution in [0.1, 0.15) is 12.0 Å². The fourth-order valence-electron chi connectivity index (χ4n) is 1.46. The number of allylic oxidation sites excluding steroid dienone is 1. The lowest BCUT2D eigenvalue weighted by atomic mass is 10.2. The van der Waals surface area contributed by atoms with Gasteiger partial charge in [0.25, 0.3) is 0 Å². The Kier molecular flexibility index (Phi) is 3.34. The van der Waals surface area contributed by atoms with Crippen LogP contribution >= 0.6 is 24.2 Å². The van der Waals surface area contributed by atoms with Crippen LogP contribution in [0.15, 0.2) is 24.5 Å². The van der Waals surface area contributed by atoms with Crippen molar-refractivity contribution >= 4 is 41.3 Å². The first-order chi connectivity index (χ1) is 7.33. The second kappa shape index (κ2) is 4.73. The van der Waals surface area contributed by atoms with Crippen molar-refractivity contribution in [1.29, 1.82) is 0 Å². The monoisotopic (exact) mass is 238 g/mol. The number of aromatic nitrogens is 2. The lowest BCUT2D eigenvalue weighted by Gasteiger charge is -1.94. The molecule has 15 heavy (non-hydrogen) atoms. The molecule has 0 amide bonds. The molecule has 0 saturated carbocycles. The van der Waals surface area contributed by atoms with Crippen LogP contribution in [0, 0.1) is 0 Å². The van der Waals surface area contributed by atoms with Crippen LogP contribution in [-0.2, 0) is 0 Å². The molecule has 78 valence electrons. The molecule has 0 aliphatic rings. The van der Waals surface area contributed by atoms with Gasteiger partial charge >= 0.3 is 0 Å². The van der Waals surface area contributed by atoms with Crippen molar-refractivity contribution < 1.29 is 0 Å². The second-order valence-corrected chi connectivity index (χ2v) is 4.03. The normalized spacial score (nSPS) is 11.6. The van der Waals surface area contributed by atoms with E-state index in [0.29, 0.717) is 0 Å². The summed E-state index contributed by atoms with van der Waals surface area (Å²) < 4.78 is 0. The SMILES string of the molecule is SCCC=Cc1c[nH]c2nccc(Cl)c12. The van der Waals surface area contributed by atoms with Crippen LogP contribution in [0.25, 0.3) is 17.1 Å². The van der Waals surface area contributed by atoms with Gasteiger partial charge < -0.3 is 4.98 Å². The first kappa shape index (κ1) is 10.6. The second-order valence-electron chi connectivity index (χ2n) is 3.18. The molecule has 0 unspecified atom stereocenters. The van der Waals surface area contributed by atoms with Gasteiger partial charge in [-0.2, -0.15) is 12.6 Å². The summed E-state index contributed by atoms with van der Waals surface area (Å²) in [6.45, 7) is 0. The van der Waals surface area contributed by atoms with E-state index in [1.807, 2.05) is 12.3 Å². The lowest BCUT2D eigenvalue weighted by molar-refractivity contribution is 1.26. The van der Waals surface area contributed by atoms with Gasteiger partial charge in [0.15, 0.2) is 0 Å². The number of halogens is 1. The first-order valence-corrected chi connectivity index (χ1v) is 5.73. The molecule has 2 aromatic heterocycles. The van der Waals surface area contributed by atoms with Crippen molar-refractivity contribution in [1.82, 2.24) is 9.97 Å². The van der Waals surface area contributed by atoms with Crippen molar-refractivity contribution in [3.05, 3.63) is 35.1 Å². The number of H-pyrrole nitrogens is 1. The zero-order valence-corrected chi connectivity index (χ0v) is 9.72. The average molecular weight is 239 g/mol. The average Bonchev–Trinajstić information content (AvgIpc) is 2.63. The molecule has 0 fully saturated rings. The Morgan fingerprint density at radius 3 is 3.20 bits per heavy atom. The van der Waals surface area contributed by atoms with Crippen LogP contribution in [-0.4, -0.2) is 15.7 Å². The van der Waals surface area contributed by atoms with Crippen molar-refractivity contribution in [3.63, 3.8) is 0 Å². The highest BCUT2D eigenvalue weighted by atomic mass is 35.5. The van der Waals surface area contributed by atoms with Gasteiger partial charge in [0.05, 0.1) is 5.02 Å². The number of hydrogen-bond acceptors (Lipinski definition) is 2. The summed E-state index contributed by atoms with van der Waals surface area (Å²) in [5.74, 6) is 0.852. The predicted molar refractivity (Wildman–Crippen MR) is 68.6 cm³/mol. The summed E-state index contributed by atoms with van der Waals surface area (Å²) in [7, 11) is 0. The highest BCUT2D eigenvalue weighted by molar-refractivity contribution is 7.80. The molecule has 2 aromatic rings. The Bertz CT molecular complexity index is 490. The van der Waals surface area contributed by atoms with Crippen molar-refractivity contribution in [2.45, 2.75) is 6.42 Å². The van der Waals surface area contributed by atoms with Crippen molar-refractivity contribution in [3.8, 4) is 0 Å². The number of hydrogen-bond donors (Lipinski definition) is 2. The molecule has 1 N–H and O–H groups in total. The molecule has 0 saturated heterocycles. The van der Waals surface area contributed by atoms with Crippen LogP contribution in [0.2, 0.25) is 5.02 Å². The molecule has 0 radical (unpaired) electrons. The summed E-state index contributed by atoms with van der Waals surface area (Å²) >= 11 is 10.3. The molecule has 2 nitrogen and oxygen atoms in total. The molecule has 0 aliphatic heterocycles. The number of pyridine rings is 1. The smallest absolute Gasteiger partial charge is 0.139 e. The first-order valence-electron chi connectivity index (χ1n) is 4.72. The van der Waals surface area contributed by atoms with E-state index in [1.165, 1.54) is 0 Å². The van der Waals surface area contributed by atoms with E-state index >= 15 is 0 Å². The zero-order valence-electron chi connectivity index (χ0n) is 8.07. The van der Waals surface area contributed by atoms with Gasteiger partial charge in [-0.05, 0) is 18.2 Å².